The summed E-state index contributed by atoms with van der Waals surface area (Å²) in [5.74, 6) is 2.32. The molecule has 2 fully saturated rings. The van der Waals surface area contributed by atoms with Gasteiger partial charge in [-0.3, -0.25) is 9.89 Å². The van der Waals surface area contributed by atoms with Crippen molar-refractivity contribution in [2.75, 3.05) is 6.54 Å². The third-order valence-electron chi connectivity index (χ3n) is 5.35. The molecule has 3 aromatic rings. The summed E-state index contributed by atoms with van der Waals surface area (Å²) in [6.45, 7) is 0.802. The molecule has 132 valence electrons. The van der Waals surface area contributed by atoms with E-state index < -0.39 is 0 Å². The number of hydrogen-bond donors (Lipinski definition) is 2. The van der Waals surface area contributed by atoms with Crippen LogP contribution in [0.25, 0.3) is 11.4 Å². The molecular formula is C20H21N5O. The van der Waals surface area contributed by atoms with Crippen LogP contribution in [0.15, 0.2) is 42.6 Å². The van der Waals surface area contributed by atoms with Crippen molar-refractivity contribution in [1.82, 2.24) is 25.1 Å². The molecule has 3 heterocycles. The number of hydrogen-bond acceptors (Lipinski definition) is 3. The zero-order valence-corrected chi connectivity index (χ0v) is 14.5. The third-order valence-corrected chi connectivity index (χ3v) is 5.35. The lowest BCUT2D eigenvalue weighted by atomic mass is 10.1. The Kier molecular flexibility index (Phi) is 3.62. The fourth-order valence-corrected chi connectivity index (χ4v) is 3.76. The Morgan fingerprint density at radius 1 is 1.12 bits per heavy atom. The van der Waals surface area contributed by atoms with Crippen LogP contribution in [-0.4, -0.2) is 37.5 Å². The molecule has 1 amide bonds. The van der Waals surface area contributed by atoms with Crippen LogP contribution in [0.2, 0.25) is 0 Å². The predicted molar refractivity (Wildman–Crippen MR) is 97.6 cm³/mol. The summed E-state index contributed by atoms with van der Waals surface area (Å²) in [4.78, 5) is 22.8. The normalized spacial score (nSPS) is 19.8. The topological polar surface area (TPSA) is 77.7 Å². The average Bonchev–Trinajstić information content (AvgIpc) is 3.13. The smallest absolute Gasteiger partial charge is 0.254 e. The first-order valence-corrected chi connectivity index (χ1v) is 9.26. The summed E-state index contributed by atoms with van der Waals surface area (Å²) in [5.41, 5.74) is 2.76. The number of likely N-dealkylation sites (tertiary alicyclic amines) is 1. The number of H-pyrrole nitrogens is 2. The highest BCUT2D eigenvalue weighted by Gasteiger charge is 2.31. The van der Waals surface area contributed by atoms with Gasteiger partial charge in [0.1, 0.15) is 5.82 Å². The number of carbonyl (C=O) groups excluding carboxylic acids is 1. The van der Waals surface area contributed by atoms with Gasteiger partial charge in [-0.25, -0.2) is 4.98 Å². The molecule has 6 heteroatoms. The van der Waals surface area contributed by atoms with E-state index in [0.29, 0.717) is 17.3 Å². The first-order valence-electron chi connectivity index (χ1n) is 9.26. The molecule has 0 radical (unpaired) electrons. The van der Waals surface area contributed by atoms with Gasteiger partial charge in [0.25, 0.3) is 5.91 Å². The van der Waals surface area contributed by atoms with Crippen LogP contribution in [0.3, 0.4) is 0 Å². The molecule has 2 N–H and O–H groups in total. The highest BCUT2D eigenvalue weighted by molar-refractivity contribution is 5.95. The number of amides is 1. The molecule has 2 aliphatic rings. The van der Waals surface area contributed by atoms with E-state index in [2.05, 4.69) is 26.2 Å². The van der Waals surface area contributed by atoms with Crippen LogP contribution in [0.5, 0.6) is 0 Å². The summed E-state index contributed by atoms with van der Waals surface area (Å²) >= 11 is 0. The molecule has 1 atom stereocenters. The lowest BCUT2D eigenvalue weighted by Crippen LogP contribution is -2.30. The van der Waals surface area contributed by atoms with Crippen LogP contribution in [0, 0.1) is 0 Å². The van der Waals surface area contributed by atoms with E-state index in [-0.39, 0.29) is 11.9 Å². The maximum absolute atomic E-state index is 13.0. The molecule has 26 heavy (non-hydrogen) atoms. The maximum Gasteiger partial charge on any atom is 0.254 e. The second-order valence-corrected chi connectivity index (χ2v) is 7.18. The number of benzene rings is 1. The van der Waals surface area contributed by atoms with Crippen LogP contribution < -0.4 is 0 Å². The van der Waals surface area contributed by atoms with Crippen molar-refractivity contribution in [1.29, 1.82) is 0 Å². The highest BCUT2D eigenvalue weighted by atomic mass is 16.2. The van der Waals surface area contributed by atoms with Crippen molar-refractivity contribution in [3.63, 3.8) is 0 Å². The Balaban J connectivity index is 1.35. The zero-order chi connectivity index (χ0) is 17.5. The van der Waals surface area contributed by atoms with Crippen LogP contribution in [-0.2, 0) is 0 Å². The van der Waals surface area contributed by atoms with Gasteiger partial charge in [0.05, 0.1) is 6.04 Å². The minimum atomic E-state index is 0.0855. The second-order valence-electron chi connectivity index (χ2n) is 7.18. The standard InChI is InChI=1S/C20H21N5O/c26-20(25-12-2-4-17(25)16-3-1-11-21-16)15-9-7-14(8-10-15)19-22-18(23-24-19)13-5-6-13/h1,3,7-11,13,17,21H,2,4-6,12H2,(H,22,23,24)/t17-/m0/s1. The Morgan fingerprint density at radius 3 is 2.69 bits per heavy atom. The zero-order valence-electron chi connectivity index (χ0n) is 14.5. The minimum Gasteiger partial charge on any atom is -0.363 e. The first kappa shape index (κ1) is 15.4. The van der Waals surface area contributed by atoms with Crippen LogP contribution in [0.4, 0.5) is 0 Å². The average molecular weight is 347 g/mol. The SMILES string of the molecule is O=C(c1ccc(-c2n[nH]c(C3CC3)n2)cc1)N1CCC[C@H]1c1ccc[nH]1. The van der Waals surface area contributed by atoms with E-state index in [1.807, 2.05) is 41.4 Å². The van der Waals surface area contributed by atoms with Gasteiger partial charge in [0.2, 0.25) is 0 Å². The van der Waals surface area contributed by atoms with Gasteiger partial charge in [0.15, 0.2) is 5.82 Å². The lowest BCUT2D eigenvalue weighted by molar-refractivity contribution is 0.0733. The van der Waals surface area contributed by atoms with E-state index in [4.69, 9.17) is 0 Å². The van der Waals surface area contributed by atoms with Crippen LogP contribution >= 0.6 is 0 Å². The predicted octanol–water partition coefficient (Wildman–Crippen LogP) is 3.65. The number of aromatic nitrogens is 4. The van der Waals surface area contributed by atoms with Gasteiger partial charge in [-0.15, -0.1) is 0 Å². The summed E-state index contributed by atoms with van der Waals surface area (Å²) in [5, 5.41) is 7.34. The van der Waals surface area contributed by atoms with Crippen molar-refractivity contribution in [3.05, 3.63) is 59.7 Å². The Labute approximate surface area is 151 Å². The molecule has 1 aliphatic carbocycles. The summed E-state index contributed by atoms with van der Waals surface area (Å²) in [6, 6.07) is 11.8. The van der Waals surface area contributed by atoms with E-state index in [1.54, 1.807) is 0 Å². The molecular weight excluding hydrogens is 326 g/mol. The van der Waals surface area contributed by atoms with Crippen molar-refractivity contribution in [2.24, 2.45) is 0 Å². The minimum absolute atomic E-state index is 0.0855. The molecule has 2 aromatic heterocycles. The molecule has 0 spiro atoms. The van der Waals surface area contributed by atoms with Crippen molar-refractivity contribution in [3.8, 4) is 11.4 Å². The number of rotatable bonds is 4. The van der Waals surface area contributed by atoms with Crippen molar-refractivity contribution in [2.45, 2.75) is 37.6 Å². The van der Waals surface area contributed by atoms with Crippen molar-refractivity contribution < 1.29 is 4.79 Å². The lowest BCUT2D eigenvalue weighted by Gasteiger charge is -2.24. The Bertz CT molecular complexity index is 908. The summed E-state index contributed by atoms with van der Waals surface area (Å²) < 4.78 is 0. The van der Waals surface area contributed by atoms with Gasteiger partial charge in [-0.05, 0) is 49.9 Å². The fraction of sp³-hybridized carbons (Fsp3) is 0.350. The number of nitrogens with zero attached hydrogens (tertiary/aromatic N) is 3. The number of nitrogens with one attached hydrogen (secondary N) is 2. The molecule has 5 rings (SSSR count). The van der Waals surface area contributed by atoms with Gasteiger partial charge < -0.3 is 9.88 Å². The van der Waals surface area contributed by atoms with E-state index >= 15 is 0 Å². The monoisotopic (exact) mass is 347 g/mol. The van der Waals surface area contributed by atoms with Gasteiger partial charge >= 0.3 is 0 Å². The quantitative estimate of drug-likeness (QED) is 0.756. The van der Waals surface area contributed by atoms with Gasteiger partial charge in [-0.2, -0.15) is 5.10 Å². The molecule has 1 saturated heterocycles. The number of carbonyl (C=O) groups is 1. The van der Waals surface area contributed by atoms with Gasteiger partial charge in [0, 0.05) is 35.5 Å². The summed E-state index contributed by atoms with van der Waals surface area (Å²) in [6.07, 6.45) is 6.35. The second kappa shape index (κ2) is 6.12. The van der Waals surface area contributed by atoms with Crippen molar-refractivity contribution >= 4 is 5.91 Å². The largest absolute Gasteiger partial charge is 0.363 e. The number of aromatic amines is 2. The van der Waals surface area contributed by atoms with Crippen LogP contribution in [0.1, 0.15) is 59.5 Å². The molecule has 0 bridgehead atoms. The van der Waals surface area contributed by atoms with E-state index in [9.17, 15) is 4.79 Å². The Morgan fingerprint density at radius 2 is 1.96 bits per heavy atom. The fourth-order valence-electron chi connectivity index (χ4n) is 3.76. The summed E-state index contributed by atoms with van der Waals surface area (Å²) in [7, 11) is 0. The van der Waals surface area contributed by atoms with E-state index in [1.165, 1.54) is 12.8 Å². The molecule has 0 unspecified atom stereocenters. The Hall–Kier alpha value is -2.89. The van der Waals surface area contributed by atoms with Gasteiger partial charge in [-0.1, -0.05) is 12.1 Å². The first-order chi connectivity index (χ1) is 12.8. The molecule has 1 aliphatic heterocycles. The van der Waals surface area contributed by atoms with E-state index in [0.717, 1.165) is 36.5 Å². The molecule has 1 saturated carbocycles. The third kappa shape index (κ3) is 2.71. The maximum atomic E-state index is 13.0. The molecule has 1 aromatic carbocycles. The highest BCUT2D eigenvalue weighted by Crippen LogP contribution is 2.38. The molecule has 6 nitrogen and oxygen atoms in total.